The van der Waals surface area contributed by atoms with Crippen LogP contribution in [0.15, 0.2) is 0 Å². The predicted octanol–water partition coefficient (Wildman–Crippen LogP) is 1.77. The number of rotatable bonds is 6. The Morgan fingerprint density at radius 3 is 2.72 bits per heavy atom. The van der Waals surface area contributed by atoms with Crippen LogP contribution in [0.5, 0.6) is 0 Å². The molecule has 1 rings (SSSR count). The van der Waals surface area contributed by atoms with E-state index in [9.17, 15) is 4.79 Å². The summed E-state index contributed by atoms with van der Waals surface area (Å²) in [5, 5.41) is 11.8. The first-order chi connectivity index (χ1) is 8.67. The Labute approximate surface area is 110 Å². The second-order valence-electron chi connectivity index (χ2n) is 5.30. The van der Waals surface area contributed by atoms with Gasteiger partial charge in [0, 0.05) is 6.54 Å². The lowest BCUT2D eigenvalue weighted by molar-refractivity contribution is -0.123. The molecule has 1 amide bonds. The number of likely N-dealkylation sites (tertiary alicyclic amines) is 1. The van der Waals surface area contributed by atoms with E-state index in [-0.39, 0.29) is 5.91 Å². The zero-order chi connectivity index (χ0) is 13.4. The van der Waals surface area contributed by atoms with E-state index in [1.165, 1.54) is 12.8 Å². The number of nitrogens with one attached hydrogen (secondary N) is 1. The first-order valence-corrected chi connectivity index (χ1v) is 7.03. The third kappa shape index (κ3) is 5.05. The summed E-state index contributed by atoms with van der Waals surface area (Å²) in [6, 6.07) is 2.08. The van der Waals surface area contributed by atoms with Crippen LogP contribution in [0.2, 0.25) is 0 Å². The standard InChI is InChI=1S/C14H25N3O/c1-3-4-13(11-15)14(18)16-8-5-12-6-9-17(2)10-7-12/h12-13H,3-10H2,1-2H3,(H,16,18). The molecule has 1 N–H and O–H groups in total. The van der Waals surface area contributed by atoms with Gasteiger partial charge in [-0.05, 0) is 51.7 Å². The highest BCUT2D eigenvalue weighted by molar-refractivity contribution is 5.80. The van der Waals surface area contributed by atoms with Gasteiger partial charge in [0.25, 0.3) is 0 Å². The van der Waals surface area contributed by atoms with Crippen LogP contribution in [0.4, 0.5) is 0 Å². The lowest BCUT2D eigenvalue weighted by atomic mass is 9.94. The molecule has 1 unspecified atom stereocenters. The monoisotopic (exact) mass is 251 g/mol. The van der Waals surface area contributed by atoms with Crippen LogP contribution in [0.1, 0.15) is 39.0 Å². The third-order valence-electron chi connectivity index (χ3n) is 3.74. The Morgan fingerprint density at radius 2 is 2.17 bits per heavy atom. The van der Waals surface area contributed by atoms with E-state index < -0.39 is 5.92 Å². The summed E-state index contributed by atoms with van der Waals surface area (Å²) in [7, 11) is 2.15. The van der Waals surface area contributed by atoms with Crippen molar-refractivity contribution in [3.63, 3.8) is 0 Å². The van der Waals surface area contributed by atoms with E-state index in [0.717, 1.165) is 38.4 Å². The van der Waals surface area contributed by atoms with Crippen molar-refractivity contribution in [3.8, 4) is 6.07 Å². The van der Waals surface area contributed by atoms with Gasteiger partial charge in [-0.2, -0.15) is 5.26 Å². The van der Waals surface area contributed by atoms with Crippen molar-refractivity contribution in [1.29, 1.82) is 5.26 Å². The summed E-state index contributed by atoms with van der Waals surface area (Å²) in [5.41, 5.74) is 0. The maximum Gasteiger partial charge on any atom is 0.237 e. The molecule has 4 nitrogen and oxygen atoms in total. The molecule has 0 radical (unpaired) electrons. The van der Waals surface area contributed by atoms with Gasteiger partial charge >= 0.3 is 0 Å². The Balaban J connectivity index is 2.17. The number of nitriles is 1. The van der Waals surface area contributed by atoms with Crippen LogP contribution < -0.4 is 5.32 Å². The number of nitrogens with zero attached hydrogens (tertiary/aromatic N) is 2. The fraction of sp³-hybridized carbons (Fsp3) is 0.857. The second-order valence-corrected chi connectivity index (χ2v) is 5.30. The van der Waals surface area contributed by atoms with Gasteiger partial charge in [-0.25, -0.2) is 0 Å². The Bertz CT molecular complexity index is 290. The molecule has 1 heterocycles. The molecule has 0 aromatic carbocycles. The van der Waals surface area contributed by atoms with E-state index in [2.05, 4.69) is 23.3 Å². The zero-order valence-corrected chi connectivity index (χ0v) is 11.6. The molecule has 18 heavy (non-hydrogen) atoms. The van der Waals surface area contributed by atoms with Crippen LogP contribution in [0.3, 0.4) is 0 Å². The number of hydrogen-bond donors (Lipinski definition) is 1. The van der Waals surface area contributed by atoms with Crippen molar-refractivity contribution in [1.82, 2.24) is 10.2 Å². The summed E-state index contributed by atoms with van der Waals surface area (Å²) in [4.78, 5) is 14.1. The fourth-order valence-corrected chi connectivity index (χ4v) is 2.42. The molecular weight excluding hydrogens is 226 g/mol. The van der Waals surface area contributed by atoms with Crippen LogP contribution in [0.25, 0.3) is 0 Å². The SMILES string of the molecule is CCCC(C#N)C(=O)NCCC1CCN(C)CC1. The molecule has 1 aliphatic rings. The van der Waals surface area contributed by atoms with Crippen molar-refractivity contribution in [2.45, 2.75) is 39.0 Å². The van der Waals surface area contributed by atoms with E-state index in [4.69, 9.17) is 5.26 Å². The van der Waals surface area contributed by atoms with E-state index in [1.807, 2.05) is 6.92 Å². The van der Waals surface area contributed by atoms with Gasteiger partial charge in [-0.1, -0.05) is 13.3 Å². The molecule has 102 valence electrons. The average molecular weight is 251 g/mol. The van der Waals surface area contributed by atoms with Crippen molar-refractivity contribution < 1.29 is 4.79 Å². The van der Waals surface area contributed by atoms with Crippen molar-refractivity contribution in [3.05, 3.63) is 0 Å². The molecule has 0 spiro atoms. The second kappa shape index (κ2) is 8.10. The van der Waals surface area contributed by atoms with E-state index in [1.54, 1.807) is 0 Å². The fourth-order valence-electron chi connectivity index (χ4n) is 2.42. The highest BCUT2D eigenvalue weighted by Gasteiger charge is 2.18. The lowest BCUT2D eigenvalue weighted by Crippen LogP contribution is -2.34. The number of amides is 1. The Morgan fingerprint density at radius 1 is 1.50 bits per heavy atom. The predicted molar refractivity (Wildman–Crippen MR) is 71.9 cm³/mol. The number of carbonyl (C=O) groups excluding carboxylic acids is 1. The summed E-state index contributed by atoms with van der Waals surface area (Å²) >= 11 is 0. The minimum absolute atomic E-state index is 0.0905. The summed E-state index contributed by atoms with van der Waals surface area (Å²) in [6.07, 6.45) is 5.03. The lowest BCUT2D eigenvalue weighted by Gasteiger charge is -2.28. The molecule has 0 aromatic heterocycles. The zero-order valence-electron chi connectivity index (χ0n) is 11.6. The quantitative estimate of drug-likeness (QED) is 0.783. The van der Waals surface area contributed by atoms with Gasteiger partial charge in [0.05, 0.1) is 6.07 Å². The maximum atomic E-state index is 11.7. The average Bonchev–Trinajstić information content (AvgIpc) is 2.38. The molecule has 1 fully saturated rings. The minimum atomic E-state index is -0.465. The largest absolute Gasteiger partial charge is 0.355 e. The van der Waals surface area contributed by atoms with Crippen LogP contribution in [0, 0.1) is 23.2 Å². The normalized spacial score (nSPS) is 19.2. The molecule has 1 saturated heterocycles. The number of carbonyl (C=O) groups is 1. The van der Waals surface area contributed by atoms with Gasteiger partial charge in [0.2, 0.25) is 5.91 Å². The Kier molecular flexibility index (Phi) is 6.74. The molecule has 0 saturated carbocycles. The summed E-state index contributed by atoms with van der Waals surface area (Å²) < 4.78 is 0. The molecule has 0 aromatic rings. The minimum Gasteiger partial charge on any atom is -0.355 e. The third-order valence-corrected chi connectivity index (χ3v) is 3.74. The highest BCUT2D eigenvalue weighted by Crippen LogP contribution is 2.18. The van der Waals surface area contributed by atoms with Crippen LogP contribution in [-0.2, 0) is 4.79 Å². The van der Waals surface area contributed by atoms with Crippen molar-refractivity contribution in [2.75, 3.05) is 26.7 Å². The van der Waals surface area contributed by atoms with Crippen molar-refractivity contribution >= 4 is 5.91 Å². The van der Waals surface area contributed by atoms with Gasteiger partial charge in [-0.15, -0.1) is 0 Å². The summed E-state index contributed by atoms with van der Waals surface area (Å²) in [5.74, 6) is 0.174. The topological polar surface area (TPSA) is 56.1 Å². The van der Waals surface area contributed by atoms with Gasteiger partial charge in [0.15, 0.2) is 0 Å². The molecule has 0 aliphatic carbocycles. The van der Waals surface area contributed by atoms with E-state index in [0.29, 0.717) is 6.42 Å². The first kappa shape index (κ1) is 15.0. The Hall–Kier alpha value is -1.08. The number of hydrogen-bond acceptors (Lipinski definition) is 3. The van der Waals surface area contributed by atoms with Gasteiger partial charge in [-0.3, -0.25) is 4.79 Å². The van der Waals surface area contributed by atoms with Crippen LogP contribution >= 0.6 is 0 Å². The molecule has 1 aliphatic heterocycles. The molecular formula is C14H25N3O. The van der Waals surface area contributed by atoms with Crippen molar-refractivity contribution in [2.24, 2.45) is 11.8 Å². The highest BCUT2D eigenvalue weighted by atomic mass is 16.1. The molecule has 0 bridgehead atoms. The van der Waals surface area contributed by atoms with Gasteiger partial charge in [0.1, 0.15) is 5.92 Å². The maximum absolute atomic E-state index is 11.7. The molecule has 1 atom stereocenters. The van der Waals surface area contributed by atoms with Crippen LogP contribution in [-0.4, -0.2) is 37.5 Å². The molecule has 4 heteroatoms. The first-order valence-electron chi connectivity index (χ1n) is 7.03. The summed E-state index contributed by atoms with van der Waals surface area (Å²) in [6.45, 7) is 5.04. The number of piperidine rings is 1. The van der Waals surface area contributed by atoms with Gasteiger partial charge < -0.3 is 10.2 Å². The van der Waals surface area contributed by atoms with E-state index >= 15 is 0 Å². The smallest absolute Gasteiger partial charge is 0.237 e.